The van der Waals surface area contributed by atoms with E-state index in [4.69, 9.17) is 10.5 Å². The van der Waals surface area contributed by atoms with E-state index in [1.165, 1.54) is 0 Å². The fourth-order valence-electron chi connectivity index (χ4n) is 0.692. The standard InChI is InChI=1S/C9H18N2O2/c1-3-4-7-13-9(12)8(2)11-6-5-10/h11H,2-7,10H2,1H3. The number of rotatable bonds is 7. The van der Waals surface area contributed by atoms with Gasteiger partial charge in [-0.3, -0.25) is 0 Å². The number of esters is 1. The van der Waals surface area contributed by atoms with Crippen LogP contribution in [0.25, 0.3) is 0 Å². The van der Waals surface area contributed by atoms with Crippen LogP contribution in [0, 0.1) is 0 Å². The van der Waals surface area contributed by atoms with Crippen molar-refractivity contribution in [1.82, 2.24) is 5.32 Å². The van der Waals surface area contributed by atoms with Crippen LogP contribution in [0.3, 0.4) is 0 Å². The Morgan fingerprint density at radius 3 is 2.85 bits per heavy atom. The molecule has 0 atom stereocenters. The maximum Gasteiger partial charge on any atom is 0.353 e. The highest BCUT2D eigenvalue weighted by atomic mass is 16.5. The predicted octanol–water partition coefficient (Wildman–Crippen LogP) is 0.392. The molecule has 0 amide bonds. The third kappa shape index (κ3) is 6.16. The predicted molar refractivity (Wildman–Crippen MR) is 52.1 cm³/mol. The van der Waals surface area contributed by atoms with Gasteiger partial charge in [0.15, 0.2) is 0 Å². The van der Waals surface area contributed by atoms with E-state index in [0.717, 1.165) is 12.8 Å². The van der Waals surface area contributed by atoms with Crippen molar-refractivity contribution in [3.63, 3.8) is 0 Å². The minimum atomic E-state index is -0.387. The van der Waals surface area contributed by atoms with Crippen LogP contribution in [0.4, 0.5) is 0 Å². The van der Waals surface area contributed by atoms with E-state index < -0.39 is 0 Å². The average molecular weight is 186 g/mol. The summed E-state index contributed by atoms with van der Waals surface area (Å²) in [5.74, 6) is -0.387. The van der Waals surface area contributed by atoms with E-state index in [1.807, 2.05) is 6.92 Å². The Bertz CT molecular complexity index is 169. The molecule has 0 radical (unpaired) electrons. The summed E-state index contributed by atoms with van der Waals surface area (Å²) in [5.41, 5.74) is 5.52. The van der Waals surface area contributed by atoms with Crippen LogP contribution in [0.15, 0.2) is 12.3 Å². The molecule has 0 bridgehead atoms. The van der Waals surface area contributed by atoms with E-state index in [0.29, 0.717) is 19.7 Å². The van der Waals surface area contributed by atoms with Gasteiger partial charge in [0.2, 0.25) is 0 Å². The molecule has 4 nitrogen and oxygen atoms in total. The Morgan fingerprint density at radius 2 is 2.31 bits per heavy atom. The van der Waals surface area contributed by atoms with Gasteiger partial charge in [0, 0.05) is 13.1 Å². The van der Waals surface area contributed by atoms with E-state index in [-0.39, 0.29) is 11.7 Å². The van der Waals surface area contributed by atoms with Crippen molar-refractivity contribution in [2.75, 3.05) is 19.7 Å². The molecule has 0 fully saturated rings. The molecule has 0 aliphatic carbocycles. The lowest BCUT2D eigenvalue weighted by Gasteiger charge is -2.07. The van der Waals surface area contributed by atoms with Gasteiger partial charge >= 0.3 is 5.97 Å². The Labute approximate surface area is 79.1 Å². The number of unbranched alkanes of at least 4 members (excludes halogenated alkanes) is 1. The largest absolute Gasteiger partial charge is 0.461 e. The third-order valence-electron chi connectivity index (χ3n) is 1.46. The SMILES string of the molecule is C=C(NCCN)C(=O)OCCCC. The zero-order chi connectivity index (χ0) is 10.1. The minimum Gasteiger partial charge on any atom is -0.461 e. The second-order valence-corrected chi connectivity index (χ2v) is 2.68. The fourth-order valence-corrected chi connectivity index (χ4v) is 0.692. The molecule has 0 spiro atoms. The average Bonchev–Trinajstić information content (AvgIpc) is 2.14. The molecule has 0 rings (SSSR count). The van der Waals surface area contributed by atoms with Crippen molar-refractivity contribution in [1.29, 1.82) is 0 Å². The number of ether oxygens (including phenoxy) is 1. The zero-order valence-electron chi connectivity index (χ0n) is 8.14. The molecule has 0 heterocycles. The van der Waals surface area contributed by atoms with Crippen LogP contribution in [0.5, 0.6) is 0 Å². The molecular formula is C9H18N2O2. The second kappa shape index (κ2) is 7.61. The van der Waals surface area contributed by atoms with Gasteiger partial charge in [0.05, 0.1) is 6.61 Å². The summed E-state index contributed by atoms with van der Waals surface area (Å²) in [6.45, 7) is 7.04. The van der Waals surface area contributed by atoms with Gasteiger partial charge in [-0.25, -0.2) is 4.79 Å². The summed E-state index contributed by atoms with van der Waals surface area (Å²) in [6.07, 6.45) is 1.89. The number of carbonyl (C=O) groups is 1. The number of nitrogens with two attached hydrogens (primary N) is 1. The Balaban J connectivity index is 3.51. The molecule has 0 aliphatic rings. The van der Waals surface area contributed by atoms with Crippen LogP contribution in [-0.4, -0.2) is 25.7 Å². The van der Waals surface area contributed by atoms with Crippen molar-refractivity contribution in [2.24, 2.45) is 5.73 Å². The Kier molecular flexibility index (Phi) is 7.01. The van der Waals surface area contributed by atoms with Gasteiger partial charge in [0.25, 0.3) is 0 Å². The first-order chi connectivity index (χ1) is 6.22. The number of hydrogen-bond donors (Lipinski definition) is 2. The quantitative estimate of drug-likeness (QED) is 0.343. The van der Waals surface area contributed by atoms with E-state index >= 15 is 0 Å². The van der Waals surface area contributed by atoms with Crippen LogP contribution >= 0.6 is 0 Å². The Morgan fingerprint density at radius 1 is 1.62 bits per heavy atom. The first-order valence-corrected chi connectivity index (χ1v) is 4.52. The highest BCUT2D eigenvalue weighted by Crippen LogP contribution is 1.93. The second-order valence-electron chi connectivity index (χ2n) is 2.68. The van der Waals surface area contributed by atoms with Crippen molar-refractivity contribution in [3.8, 4) is 0 Å². The summed E-state index contributed by atoms with van der Waals surface area (Å²) in [4.78, 5) is 11.1. The molecule has 0 unspecified atom stereocenters. The molecule has 0 saturated carbocycles. The van der Waals surface area contributed by atoms with Crippen molar-refractivity contribution in [2.45, 2.75) is 19.8 Å². The summed E-state index contributed by atoms with van der Waals surface area (Å²) in [7, 11) is 0. The highest BCUT2D eigenvalue weighted by molar-refractivity contribution is 5.86. The molecule has 76 valence electrons. The normalized spacial score (nSPS) is 9.38. The summed E-state index contributed by atoms with van der Waals surface area (Å²) in [6, 6.07) is 0. The van der Waals surface area contributed by atoms with E-state index in [1.54, 1.807) is 0 Å². The van der Waals surface area contributed by atoms with Crippen molar-refractivity contribution in [3.05, 3.63) is 12.3 Å². The lowest BCUT2D eigenvalue weighted by Crippen LogP contribution is -2.26. The summed E-state index contributed by atoms with van der Waals surface area (Å²) in [5, 5.41) is 2.76. The highest BCUT2D eigenvalue weighted by Gasteiger charge is 2.05. The minimum absolute atomic E-state index is 0.279. The molecule has 3 N–H and O–H groups in total. The van der Waals surface area contributed by atoms with Crippen LogP contribution in [0.2, 0.25) is 0 Å². The topological polar surface area (TPSA) is 64.3 Å². The molecule has 4 heteroatoms. The zero-order valence-corrected chi connectivity index (χ0v) is 8.14. The smallest absolute Gasteiger partial charge is 0.353 e. The molecule has 13 heavy (non-hydrogen) atoms. The summed E-state index contributed by atoms with van der Waals surface area (Å²) < 4.78 is 4.90. The van der Waals surface area contributed by atoms with Crippen LogP contribution in [-0.2, 0) is 9.53 Å². The number of nitrogens with one attached hydrogen (secondary N) is 1. The van der Waals surface area contributed by atoms with Gasteiger partial charge < -0.3 is 15.8 Å². The first kappa shape index (κ1) is 12.0. The molecule has 0 saturated heterocycles. The fraction of sp³-hybridized carbons (Fsp3) is 0.667. The van der Waals surface area contributed by atoms with Crippen molar-refractivity contribution >= 4 is 5.97 Å². The first-order valence-electron chi connectivity index (χ1n) is 4.52. The molecule has 0 aromatic carbocycles. The molecule has 0 aromatic heterocycles. The monoisotopic (exact) mass is 186 g/mol. The number of hydrogen-bond acceptors (Lipinski definition) is 4. The van der Waals surface area contributed by atoms with E-state index in [2.05, 4.69) is 11.9 Å². The van der Waals surface area contributed by atoms with Gasteiger partial charge in [-0.2, -0.15) is 0 Å². The van der Waals surface area contributed by atoms with Gasteiger partial charge in [-0.1, -0.05) is 19.9 Å². The van der Waals surface area contributed by atoms with Gasteiger partial charge in [-0.05, 0) is 6.42 Å². The summed E-state index contributed by atoms with van der Waals surface area (Å²) >= 11 is 0. The van der Waals surface area contributed by atoms with Crippen LogP contribution in [0.1, 0.15) is 19.8 Å². The maximum atomic E-state index is 11.1. The third-order valence-corrected chi connectivity index (χ3v) is 1.46. The van der Waals surface area contributed by atoms with E-state index in [9.17, 15) is 4.79 Å². The van der Waals surface area contributed by atoms with Gasteiger partial charge in [-0.15, -0.1) is 0 Å². The maximum absolute atomic E-state index is 11.1. The lowest BCUT2D eigenvalue weighted by atomic mass is 10.4. The van der Waals surface area contributed by atoms with Crippen LogP contribution < -0.4 is 11.1 Å². The Hall–Kier alpha value is -1.03. The number of carbonyl (C=O) groups excluding carboxylic acids is 1. The molecule has 0 aliphatic heterocycles. The lowest BCUT2D eigenvalue weighted by molar-refractivity contribution is -0.139. The molecule has 0 aromatic rings. The van der Waals surface area contributed by atoms with Gasteiger partial charge in [0.1, 0.15) is 5.70 Å². The molecular weight excluding hydrogens is 168 g/mol. The van der Waals surface area contributed by atoms with Crippen molar-refractivity contribution < 1.29 is 9.53 Å².